The smallest absolute Gasteiger partial charge is 0.251 e. The van der Waals surface area contributed by atoms with Crippen molar-refractivity contribution in [3.63, 3.8) is 0 Å². The largest absolute Gasteiger partial charge is 0.398 e. The number of hydrogen-bond acceptors (Lipinski definition) is 4. The van der Waals surface area contributed by atoms with Gasteiger partial charge in [0.15, 0.2) is 0 Å². The number of carbonyl (C=O) groups excluding carboxylic acids is 1. The van der Waals surface area contributed by atoms with Gasteiger partial charge in [-0.2, -0.15) is 0 Å². The fourth-order valence-corrected chi connectivity index (χ4v) is 2.97. The number of nitrogen functional groups attached to an aromatic ring is 1. The van der Waals surface area contributed by atoms with Crippen LogP contribution in [0, 0.1) is 0 Å². The third-order valence-corrected chi connectivity index (χ3v) is 4.28. The number of halogens is 1. The summed E-state index contributed by atoms with van der Waals surface area (Å²) in [6.07, 6.45) is 0. The van der Waals surface area contributed by atoms with Gasteiger partial charge in [0, 0.05) is 15.6 Å². The van der Waals surface area contributed by atoms with Crippen molar-refractivity contribution < 1.29 is 4.79 Å². The molecule has 0 fully saturated rings. The van der Waals surface area contributed by atoms with Gasteiger partial charge in [-0.25, -0.2) is 5.84 Å². The van der Waals surface area contributed by atoms with Crippen molar-refractivity contribution in [2.24, 2.45) is 5.84 Å². The molecule has 4 nitrogen and oxygen atoms in total. The summed E-state index contributed by atoms with van der Waals surface area (Å²) >= 11 is 7.21. The molecule has 104 valence electrons. The van der Waals surface area contributed by atoms with Crippen molar-refractivity contribution in [2.45, 2.75) is 10.1 Å². The summed E-state index contributed by atoms with van der Waals surface area (Å²) in [4.78, 5) is 12.8. The Balaban J connectivity index is 2.31. The van der Waals surface area contributed by atoms with Gasteiger partial charge in [-0.1, -0.05) is 41.9 Å². The molecule has 6 heteroatoms. The van der Waals surface area contributed by atoms with E-state index in [0.717, 1.165) is 10.5 Å². The summed E-state index contributed by atoms with van der Waals surface area (Å²) in [7, 11) is 0. The quantitative estimate of drug-likeness (QED) is 0.267. The molecule has 1 amide bonds. The summed E-state index contributed by atoms with van der Waals surface area (Å²) in [6.45, 7) is 0. The van der Waals surface area contributed by atoms with E-state index < -0.39 is 5.25 Å². The number of hydrogen-bond donors (Lipinski definition) is 3. The molecule has 1 unspecified atom stereocenters. The number of nitrogens with one attached hydrogen (secondary N) is 1. The van der Waals surface area contributed by atoms with E-state index in [2.05, 4.69) is 5.43 Å². The van der Waals surface area contributed by atoms with E-state index in [1.807, 2.05) is 30.3 Å². The third-order valence-electron chi connectivity index (χ3n) is 2.70. The van der Waals surface area contributed by atoms with Crippen molar-refractivity contribution in [3.8, 4) is 0 Å². The maximum Gasteiger partial charge on any atom is 0.251 e. The number of hydrazine groups is 1. The highest BCUT2D eigenvalue weighted by Crippen LogP contribution is 2.38. The van der Waals surface area contributed by atoms with Gasteiger partial charge in [0.2, 0.25) is 0 Å². The standard InChI is InChI=1S/C14H14ClN3OS/c15-10-6-7-12(11(16)8-10)20-13(14(19)18-17)9-4-2-1-3-5-9/h1-8,13H,16-17H2,(H,18,19). The van der Waals surface area contributed by atoms with Gasteiger partial charge in [0.05, 0.1) is 0 Å². The number of thioether (sulfide) groups is 1. The molecule has 0 radical (unpaired) electrons. The maximum absolute atomic E-state index is 12.0. The first-order chi connectivity index (χ1) is 9.61. The molecule has 0 saturated heterocycles. The zero-order valence-corrected chi connectivity index (χ0v) is 12.1. The van der Waals surface area contributed by atoms with Crippen molar-refractivity contribution in [3.05, 3.63) is 59.1 Å². The highest BCUT2D eigenvalue weighted by Gasteiger charge is 2.22. The highest BCUT2D eigenvalue weighted by molar-refractivity contribution is 8.00. The molecule has 2 aromatic carbocycles. The van der Waals surface area contributed by atoms with E-state index in [1.165, 1.54) is 11.8 Å². The molecule has 5 N–H and O–H groups in total. The number of carbonyl (C=O) groups is 1. The summed E-state index contributed by atoms with van der Waals surface area (Å²) in [5.41, 5.74) is 9.50. The van der Waals surface area contributed by atoms with Crippen LogP contribution >= 0.6 is 23.4 Å². The Morgan fingerprint density at radius 2 is 1.90 bits per heavy atom. The fourth-order valence-electron chi connectivity index (χ4n) is 1.73. The molecule has 0 aromatic heterocycles. The van der Waals surface area contributed by atoms with E-state index in [0.29, 0.717) is 10.7 Å². The van der Waals surface area contributed by atoms with Gasteiger partial charge >= 0.3 is 0 Å². The molecule has 0 spiro atoms. The molecule has 2 rings (SSSR count). The second-order valence-corrected chi connectivity index (χ2v) is 5.68. The lowest BCUT2D eigenvalue weighted by Gasteiger charge is -2.16. The lowest BCUT2D eigenvalue weighted by molar-refractivity contribution is -0.120. The van der Waals surface area contributed by atoms with Gasteiger partial charge in [-0.3, -0.25) is 10.2 Å². The van der Waals surface area contributed by atoms with Gasteiger partial charge in [0.25, 0.3) is 5.91 Å². The molecule has 0 saturated carbocycles. The van der Waals surface area contributed by atoms with Crippen molar-refractivity contribution in [2.75, 3.05) is 5.73 Å². The first-order valence-electron chi connectivity index (χ1n) is 5.89. The van der Waals surface area contributed by atoms with Crippen molar-refractivity contribution in [1.82, 2.24) is 5.43 Å². The molecule has 2 aromatic rings. The number of anilines is 1. The van der Waals surface area contributed by atoms with Gasteiger partial charge in [-0.15, -0.1) is 11.8 Å². The van der Waals surface area contributed by atoms with E-state index in [1.54, 1.807) is 18.2 Å². The molecule has 0 aliphatic carbocycles. The first-order valence-corrected chi connectivity index (χ1v) is 7.14. The number of amides is 1. The Hall–Kier alpha value is -1.69. The number of benzene rings is 2. The van der Waals surface area contributed by atoms with Gasteiger partial charge in [-0.05, 0) is 23.8 Å². The van der Waals surface area contributed by atoms with E-state index in [4.69, 9.17) is 23.2 Å². The van der Waals surface area contributed by atoms with Crippen LogP contribution in [0.3, 0.4) is 0 Å². The minimum absolute atomic E-state index is 0.282. The average Bonchev–Trinajstić information content (AvgIpc) is 2.46. The highest BCUT2D eigenvalue weighted by atomic mass is 35.5. The lowest BCUT2D eigenvalue weighted by Crippen LogP contribution is -2.33. The SMILES string of the molecule is NNC(=O)C(Sc1ccc(Cl)cc1N)c1ccccc1. The van der Waals surface area contributed by atoms with Crippen molar-refractivity contribution in [1.29, 1.82) is 0 Å². The molecular weight excluding hydrogens is 294 g/mol. The van der Waals surface area contributed by atoms with E-state index in [-0.39, 0.29) is 5.91 Å². The van der Waals surface area contributed by atoms with Crippen LogP contribution in [0.1, 0.15) is 10.8 Å². The number of rotatable bonds is 4. The molecule has 1 atom stereocenters. The normalized spacial score (nSPS) is 11.9. The van der Waals surface area contributed by atoms with Crippen LogP contribution in [-0.4, -0.2) is 5.91 Å². The Morgan fingerprint density at radius 3 is 2.50 bits per heavy atom. The lowest BCUT2D eigenvalue weighted by atomic mass is 10.1. The minimum atomic E-state index is -0.468. The molecule has 0 heterocycles. The summed E-state index contributed by atoms with van der Waals surface area (Å²) in [5.74, 6) is 4.98. The summed E-state index contributed by atoms with van der Waals surface area (Å²) in [5, 5.41) is 0.0936. The van der Waals surface area contributed by atoms with Crippen LogP contribution in [0.5, 0.6) is 0 Å². The van der Waals surface area contributed by atoms with Crippen LogP contribution in [0.15, 0.2) is 53.4 Å². The van der Waals surface area contributed by atoms with Crippen LogP contribution in [0.4, 0.5) is 5.69 Å². The Bertz CT molecular complexity index is 607. The predicted octanol–water partition coefficient (Wildman–Crippen LogP) is 2.75. The number of nitrogens with two attached hydrogens (primary N) is 2. The molecule has 0 aliphatic rings. The van der Waals surface area contributed by atoms with Crippen LogP contribution in [0.2, 0.25) is 5.02 Å². The van der Waals surface area contributed by atoms with E-state index in [9.17, 15) is 4.79 Å². The Labute approximate surface area is 126 Å². The van der Waals surface area contributed by atoms with Crippen LogP contribution in [-0.2, 0) is 4.79 Å². The van der Waals surface area contributed by atoms with Crippen molar-refractivity contribution >= 4 is 35.0 Å². The topological polar surface area (TPSA) is 81.1 Å². The Kier molecular flexibility index (Phi) is 4.89. The van der Waals surface area contributed by atoms with Crippen LogP contribution in [0.25, 0.3) is 0 Å². The fraction of sp³-hybridized carbons (Fsp3) is 0.0714. The zero-order chi connectivity index (χ0) is 14.5. The monoisotopic (exact) mass is 307 g/mol. The van der Waals surface area contributed by atoms with Gasteiger partial charge < -0.3 is 5.73 Å². The maximum atomic E-state index is 12.0. The minimum Gasteiger partial charge on any atom is -0.398 e. The van der Waals surface area contributed by atoms with Crippen LogP contribution < -0.4 is 17.0 Å². The first kappa shape index (κ1) is 14.7. The van der Waals surface area contributed by atoms with Gasteiger partial charge in [0.1, 0.15) is 5.25 Å². The average molecular weight is 308 g/mol. The van der Waals surface area contributed by atoms with E-state index >= 15 is 0 Å². The predicted molar refractivity (Wildman–Crippen MR) is 83.2 cm³/mol. The molecule has 0 bridgehead atoms. The Morgan fingerprint density at radius 1 is 1.20 bits per heavy atom. The second kappa shape index (κ2) is 6.65. The summed E-state index contributed by atoms with van der Waals surface area (Å²) in [6, 6.07) is 14.6. The molecular formula is C14H14ClN3OS. The second-order valence-electron chi connectivity index (χ2n) is 4.10. The molecule has 20 heavy (non-hydrogen) atoms. The molecule has 0 aliphatic heterocycles. The third kappa shape index (κ3) is 3.45. The summed E-state index contributed by atoms with van der Waals surface area (Å²) < 4.78 is 0. The zero-order valence-electron chi connectivity index (χ0n) is 10.5.